The monoisotopic (exact) mass is 1950 g/mol. The molecule has 7 aromatic heterocycles. The lowest BCUT2D eigenvalue weighted by Crippen LogP contribution is -2.18. The van der Waals surface area contributed by atoms with E-state index in [0.29, 0.717) is 12.6 Å². The van der Waals surface area contributed by atoms with Gasteiger partial charge in [-0.3, -0.25) is 48.8 Å². The van der Waals surface area contributed by atoms with Crippen LogP contribution in [-0.4, -0.2) is 113 Å². The second-order valence-corrected chi connectivity index (χ2v) is 42.5. The summed E-state index contributed by atoms with van der Waals surface area (Å²) in [5, 5.41) is 63.2. The quantitative estimate of drug-likeness (QED) is 0.0394. The number of azo groups is 2. The summed E-state index contributed by atoms with van der Waals surface area (Å²) < 4.78 is 18.1. The first kappa shape index (κ1) is 92.6. The molecule has 5 fully saturated rings. The third kappa shape index (κ3) is 19.9. The molecule has 1 unspecified atom stereocenters. The number of rotatable bonds is 18. The van der Waals surface area contributed by atoms with Crippen LogP contribution in [0.1, 0.15) is 209 Å². The highest BCUT2D eigenvalue weighted by atomic mass is 16.5. The molecule has 13 aliphatic rings. The number of nitrogens with zero attached hydrogens (tertiary/aromatic N) is 18. The van der Waals surface area contributed by atoms with Crippen LogP contribution < -0.4 is 31.9 Å². The molecule has 26 nitrogen and oxygen atoms in total. The van der Waals surface area contributed by atoms with Crippen LogP contribution in [0.2, 0.25) is 0 Å². The Morgan fingerprint density at radius 1 is 0.381 bits per heavy atom. The number of aromatic nitrogens is 12. The van der Waals surface area contributed by atoms with Gasteiger partial charge in [0.15, 0.2) is 12.9 Å². The number of hydrogen-bond donors (Lipinski definition) is 7. The second-order valence-electron chi connectivity index (χ2n) is 42.5. The maximum absolute atomic E-state index is 5.16. The minimum Gasteiger partial charge on any atom is -0.361 e. The van der Waals surface area contributed by atoms with E-state index in [1.54, 1.807) is 11.1 Å². The number of aryl methyl sites for hydroxylation is 3. The van der Waals surface area contributed by atoms with Crippen molar-refractivity contribution in [1.29, 1.82) is 0 Å². The van der Waals surface area contributed by atoms with Crippen LogP contribution in [0.25, 0.3) is 65.4 Å². The van der Waals surface area contributed by atoms with E-state index in [1.807, 2.05) is 73.0 Å². The van der Waals surface area contributed by atoms with E-state index in [4.69, 9.17) is 24.7 Å². The molecule has 0 saturated heterocycles. The van der Waals surface area contributed by atoms with E-state index < -0.39 is 0 Å². The van der Waals surface area contributed by atoms with Crippen molar-refractivity contribution in [3.8, 4) is 0 Å². The summed E-state index contributed by atoms with van der Waals surface area (Å²) in [5.74, 6) is 10.8. The lowest BCUT2D eigenvalue weighted by Gasteiger charge is -2.26. The van der Waals surface area contributed by atoms with E-state index in [1.165, 1.54) is 253 Å². The summed E-state index contributed by atoms with van der Waals surface area (Å²) >= 11 is 0. The van der Waals surface area contributed by atoms with Crippen LogP contribution >= 0.6 is 0 Å². The number of nitrogens with one attached hydrogen (secondary N) is 7. The Morgan fingerprint density at radius 2 is 0.837 bits per heavy atom. The van der Waals surface area contributed by atoms with Gasteiger partial charge in [0.2, 0.25) is 5.69 Å². The Hall–Kier alpha value is -15.5. The molecule has 0 radical (unpaired) electrons. The number of aromatic amines is 1. The van der Waals surface area contributed by atoms with Gasteiger partial charge in [0.1, 0.15) is 46.7 Å². The molecule has 13 heterocycles. The standard InChI is InChI=1S/C21H19N5O.C21H22N4.C21H25N3.C20H24N4.C20H20N4.C18H17N5/c1-13-9-17(25-27-13)12-26-20-8-7-16(10-19(20)14(2)24-26)23-21-18-6-4-3-5-15(18)11-22-21;1-14-19-11-17(23-21-18-8-3-2-7-16(18)12-22-21)9-10-20(19)25(24-14)13-15-5-4-6-15;1-2-7-19-17(6-1)13-22-21(19)23-18-9-8-16-10-11-24(20(16)12-18)14-15-4-3-5-15;2*1-2-7-18-15(6-1)11-21-20(18)23-17-8-9-19-16(10-17)12-22-24(19)13-14-4-3-5-14;1-23-16-10-12(8-9-14(16)17(22-23)11-6-7-11)19-18-13-4-2-3-5-15(13)20-21-18/h3-10H,11-12H2,1-2H3,(H,22,23);2-3,7-11,15H,4-6,12-13H2,1H3,(H,22,23);8-12,15H,1-7,13-14H2,(H,22,23);8-10,12,14H,1-7,11,13H2,(H,21,23);1-2,6-10,12,14H,3-5,11,13H2,(H,21,23);2-5,8-11,17,22H,6-7H2,1H3/p+1. The Morgan fingerprint density at radius 3 is 1.37 bits per heavy atom. The minimum atomic E-state index is 0.357. The van der Waals surface area contributed by atoms with Gasteiger partial charge in [0.25, 0.3) is 0 Å². The number of anilines is 7. The second kappa shape index (κ2) is 40.9. The van der Waals surface area contributed by atoms with E-state index >= 15 is 0 Å². The molecule has 0 amide bonds. The van der Waals surface area contributed by atoms with Gasteiger partial charge >= 0.3 is 0 Å². The molecule has 6 aliphatic heterocycles. The van der Waals surface area contributed by atoms with E-state index in [9.17, 15) is 0 Å². The first-order valence-corrected chi connectivity index (χ1v) is 53.7. The molecule has 10 aromatic carbocycles. The molecule has 30 rings (SSSR count). The lowest BCUT2D eigenvalue weighted by atomic mass is 9.85. The Balaban J connectivity index is 0.0000000919. The zero-order chi connectivity index (χ0) is 98.4. The highest BCUT2D eigenvalue weighted by Gasteiger charge is 2.42. The van der Waals surface area contributed by atoms with Gasteiger partial charge in [-0.15, -0.1) is 0 Å². The number of aliphatic imine (C=N–C) groups is 5. The van der Waals surface area contributed by atoms with Gasteiger partial charge in [-0.1, -0.05) is 127 Å². The summed E-state index contributed by atoms with van der Waals surface area (Å²) in [7, 11) is 2.04. The van der Waals surface area contributed by atoms with Crippen molar-refractivity contribution in [2.45, 2.75) is 220 Å². The Labute approximate surface area is 856 Å². The summed E-state index contributed by atoms with van der Waals surface area (Å²) in [6.07, 6.45) is 35.4. The fourth-order valence-corrected chi connectivity index (χ4v) is 23.0. The van der Waals surface area contributed by atoms with Gasteiger partial charge in [0.05, 0.1) is 102 Å². The van der Waals surface area contributed by atoms with Crippen LogP contribution in [0.4, 0.5) is 45.6 Å². The molecule has 26 heteroatoms. The molecule has 742 valence electrons. The summed E-state index contributed by atoms with van der Waals surface area (Å²) in [4.78, 5) is 23.4. The molecular weight excluding hydrogens is 1820 g/mol. The topological polar surface area (TPSA) is 280 Å². The molecule has 0 spiro atoms. The van der Waals surface area contributed by atoms with Crippen LogP contribution in [0.3, 0.4) is 0 Å². The molecular formula is C121H128N25O+. The smallest absolute Gasteiger partial charge is 0.238 e. The maximum atomic E-state index is 5.16. The van der Waals surface area contributed by atoms with Crippen LogP contribution in [0.15, 0.2) is 294 Å². The summed E-state index contributed by atoms with van der Waals surface area (Å²) in [5.41, 5.74) is 32.7. The van der Waals surface area contributed by atoms with E-state index in [-0.39, 0.29) is 0 Å². The molecule has 7 aliphatic carbocycles. The fourth-order valence-electron chi connectivity index (χ4n) is 23.0. The number of benzene rings is 10. The molecule has 147 heavy (non-hydrogen) atoms. The van der Waals surface area contributed by atoms with Gasteiger partial charge in [0, 0.05) is 122 Å². The van der Waals surface area contributed by atoms with Crippen molar-refractivity contribution in [2.75, 3.05) is 52.0 Å². The van der Waals surface area contributed by atoms with E-state index in [2.05, 4.69) is 297 Å². The first-order chi connectivity index (χ1) is 72.3. The molecule has 0 bridgehead atoms. The van der Waals surface area contributed by atoms with Crippen molar-refractivity contribution < 1.29 is 9.22 Å². The first-order valence-electron chi connectivity index (χ1n) is 53.7. The average Bonchev–Trinajstić information content (AvgIpc) is 1.61. The molecule has 5 saturated carbocycles. The maximum Gasteiger partial charge on any atom is 0.238 e. The highest BCUT2D eigenvalue weighted by Crippen LogP contribution is 2.50. The highest BCUT2D eigenvalue weighted by molar-refractivity contribution is 6.15. The number of H-pyrrole nitrogens is 1. The van der Waals surface area contributed by atoms with Crippen LogP contribution in [0.5, 0.6) is 0 Å². The SMILES string of the molecule is C[N+]1=NC(C2CC2)c2ccc(Nc3n[nH]c4ccccc34)cc21.Cc1cc(Cn2nc(C)c3cc(NC4=NCc5ccccc54)ccc32)no1.Cc1nn(CC2CCC2)c2ccc(NC3=NCc4ccccc43)cc12.c1cc2c(cnn2CC2CCC2)cc1NC1=NCC2=C1CCCC2.c1cc2ccn(CC3CCC3)c2cc1NC1=NCC2=C1CCCC2.c1ccc2c(c1)CN=C2Nc1ccc2c(cnn2CC2CCC2)c1. The molecule has 17 aromatic rings. The van der Waals surface area contributed by atoms with Gasteiger partial charge in [-0.25, -0.2) is 0 Å². The van der Waals surface area contributed by atoms with E-state index in [0.717, 1.165) is 190 Å². The van der Waals surface area contributed by atoms with Crippen LogP contribution in [0, 0.1) is 50.4 Å². The number of fused-ring (bicyclic) bond motifs is 10. The third-order valence-electron chi connectivity index (χ3n) is 32.3. The molecule has 1 atom stereocenters. The fraction of sp³-hybridized carbons (Fsp3) is 0.347. The minimum absolute atomic E-state index is 0.357. The van der Waals surface area contributed by atoms with Crippen LogP contribution in [-0.2, 0) is 52.4 Å². The van der Waals surface area contributed by atoms with Crippen molar-refractivity contribution in [2.24, 2.45) is 59.7 Å². The lowest BCUT2D eigenvalue weighted by molar-refractivity contribution is -0.478. The predicted molar refractivity (Wildman–Crippen MR) is 593 cm³/mol. The number of para-hydroxylation sites is 1. The third-order valence-corrected chi connectivity index (χ3v) is 32.3. The normalized spacial score (nSPS) is 17.9. The Bertz CT molecular complexity index is 8140. The van der Waals surface area contributed by atoms with Gasteiger partial charge < -0.3 is 41.0 Å². The zero-order valence-corrected chi connectivity index (χ0v) is 84.6. The summed E-state index contributed by atoms with van der Waals surface area (Å²) in [6.45, 7) is 15.0. The summed E-state index contributed by atoms with van der Waals surface area (Å²) in [6, 6.07) is 77.0. The van der Waals surface area contributed by atoms with Gasteiger partial charge in [-0.05, 0) is 331 Å². The number of hydrogen-bond acceptors (Lipinski definition) is 19. The average molecular weight is 1950 g/mol. The van der Waals surface area contributed by atoms with Gasteiger partial charge in [-0.2, -0.15) is 25.5 Å². The molecule has 7 N–H and O–H groups in total. The van der Waals surface area contributed by atoms with Crippen molar-refractivity contribution >= 4 is 140 Å². The Kier molecular flexibility index (Phi) is 25.7. The largest absolute Gasteiger partial charge is 0.361 e. The zero-order valence-electron chi connectivity index (χ0n) is 84.6. The number of amidine groups is 5. The van der Waals surface area contributed by atoms with Crippen molar-refractivity contribution in [1.82, 2.24) is 59.0 Å². The predicted octanol–water partition coefficient (Wildman–Crippen LogP) is 27.0. The van der Waals surface area contributed by atoms with Crippen molar-refractivity contribution in [3.63, 3.8) is 0 Å². The van der Waals surface area contributed by atoms with Crippen molar-refractivity contribution in [3.05, 3.63) is 321 Å².